The Morgan fingerprint density at radius 2 is 1.81 bits per heavy atom. The number of hydrogen-bond acceptors (Lipinski definition) is 4. The van der Waals surface area contributed by atoms with Crippen LogP contribution in [0.4, 0.5) is 5.69 Å². The first-order valence-corrected chi connectivity index (χ1v) is 8.45. The number of nitrogens with one attached hydrogen (secondary N) is 1. The average molecular weight is 346 g/mol. The summed E-state index contributed by atoms with van der Waals surface area (Å²) in [5, 5.41) is 2.99. The molecule has 0 spiro atoms. The molecular formula is C21H18N2O3. The fourth-order valence-electron chi connectivity index (χ4n) is 2.98. The molecule has 0 aliphatic carbocycles. The van der Waals surface area contributed by atoms with Gasteiger partial charge in [-0.05, 0) is 29.8 Å². The van der Waals surface area contributed by atoms with Crippen molar-refractivity contribution in [3.63, 3.8) is 0 Å². The monoisotopic (exact) mass is 346 g/mol. The normalized spacial score (nSPS) is 13.2. The second kappa shape index (κ2) is 7.27. The molecule has 130 valence electrons. The van der Waals surface area contributed by atoms with Crippen LogP contribution in [-0.4, -0.2) is 17.7 Å². The van der Waals surface area contributed by atoms with Crippen molar-refractivity contribution in [1.82, 2.24) is 4.98 Å². The summed E-state index contributed by atoms with van der Waals surface area (Å²) in [6, 6.07) is 20.9. The summed E-state index contributed by atoms with van der Waals surface area (Å²) in [6.45, 7) is 0.207. The van der Waals surface area contributed by atoms with Crippen LogP contribution in [0.2, 0.25) is 0 Å². The van der Waals surface area contributed by atoms with E-state index in [1.165, 1.54) is 0 Å². The molecule has 3 aromatic rings. The highest BCUT2D eigenvalue weighted by atomic mass is 16.7. The van der Waals surface area contributed by atoms with Gasteiger partial charge >= 0.3 is 0 Å². The zero-order valence-corrected chi connectivity index (χ0v) is 14.1. The number of hydrogen-bond donors (Lipinski definition) is 1. The number of rotatable bonds is 5. The van der Waals surface area contributed by atoms with Crippen molar-refractivity contribution in [3.05, 3.63) is 84.2 Å². The minimum absolute atomic E-state index is 0.0827. The maximum absolute atomic E-state index is 13.0. The SMILES string of the molecule is O=C(Nc1ccc2c(c1)OCO2)C(Cc1ccccn1)c1ccccc1. The minimum Gasteiger partial charge on any atom is -0.454 e. The molecule has 1 N–H and O–H groups in total. The average Bonchev–Trinajstić information content (AvgIpc) is 3.15. The van der Waals surface area contributed by atoms with Crippen LogP contribution in [-0.2, 0) is 11.2 Å². The highest BCUT2D eigenvalue weighted by molar-refractivity contribution is 5.96. The number of pyridine rings is 1. The quantitative estimate of drug-likeness (QED) is 0.764. The van der Waals surface area contributed by atoms with E-state index < -0.39 is 0 Å². The zero-order chi connectivity index (χ0) is 17.8. The summed E-state index contributed by atoms with van der Waals surface area (Å²) in [7, 11) is 0. The lowest BCUT2D eigenvalue weighted by molar-refractivity contribution is -0.117. The van der Waals surface area contributed by atoms with E-state index in [4.69, 9.17) is 9.47 Å². The predicted octanol–water partition coefficient (Wildman–Crippen LogP) is 3.78. The smallest absolute Gasteiger partial charge is 0.232 e. The van der Waals surface area contributed by atoms with E-state index in [1.54, 1.807) is 18.3 Å². The molecule has 1 aromatic heterocycles. The minimum atomic E-state index is -0.337. The molecule has 1 atom stereocenters. The summed E-state index contributed by atoms with van der Waals surface area (Å²) in [4.78, 5) is 17.4. The summed E-state index contributed by atoms with van der Waals surface area (Å²) in [5.74, 6) is 0.914. The van der Waals surface area contributed by atoms with E-state index >= 15 is 0 Å². The number of benzene rings is 2. The molecule has 1 amide bonds. The third-order valence-electron chi connectivity index (χ3n) is 4.30. The lowest BCUT2D eigenvalue weighted by atomic mass is 9.93. The van der Waals surface area contributed by atoms with Crippen LogP contribution in [0.3, 0.4) is 0 Å². The van der Waals surface area contributed by atoms with Crippen molar-refractivity contribution >= 4 is 11.6 Å². The Morgan fingerprint density at radius 3 is 2.62 bits per heavy atom. The molecule has 1 aliphatic rings. The van der Waals surface area contributed by atoms with Crippen LogP contribution in [0.5, 0.6) is 11.5 Å². The molecule has 0 saturated carbocycles. The molecule has 0 bridgehead atoms. The maximum Gasteiger partial charge on any atom is 0.232 e. The third-order valence-corrected chi connectivity index (χ3v) is 4.30. The van der Waals surface area contributed by atoms with Crippen molar-refractivity contribution in [2.45, 2.75) is 12.3 Å². The first-order chi connectivity index (χ1) is 12.8. The fourth-order valence-corrected chi connectivity index (χ4v) is 2.98. The summed E-state index contributed by atoms with van der Waals surface area (Å²) in [5.41, 5.74) is 2.51. The number of ether oxygens (including phenoxy) is 2. The van der Waals surface area contributed by atoms with Crippen LogP contribution >= 0.6 is 0 Å². The van der Waals surface area contributed by atoms with Gasteiger partial charge in [0.2, 0.25) is 12.7 Å². The van der Waals surface area contributed by atoms with Gasteiger partial charge in [-0.3, -0.25) is 9.78 Å². The highest BCUT2D eigenvalue weighted by Gasteiger charge is 2.22. The molecule has 26 heavy (non-hydrogen) atoms. The number of anilines is 1. The van der Waals surface area contributed by atoms with Crippen molar-refractivity contribution in [3.8, 4) is 11.5 Å². The molecule has 1 unspecified atom stereocenters. The van der Waals surface area contributed by atoms with Gasteiger partial charge in [-0.1, -0.05) is 36.4 Å². The topological polar surface area (TPSA) is 60.5 Å². The van der Waals surface area contributed by atoms with Gasteiger partial charge in [-0.15, -0.1) is 0 Å². The Morgan fingerprint density at radius 1 is 1.00 bits per heavy atom. The van der Waals surface area contributed by atoms with Gasteiger partial charge < -0.3 is 14.8 Å². The van der Waals surface area contributed by atoms with Crippen LogP contribution in [0.1, 0.15) is 17.2 Å². The summed E-state index contributed by atoms with van der Waals surface area (Å²) in [6.07, 6.45) is 2.27. The van der Waals surface area contributed by atoms with Crippen molar-refractivity contribution in [1.29, 1.82) is 0 Å². The first-order valence-electron chi connectivity index (χ1n) is 8.45. The Hall–Kier alpha value is -3.34. The largest absolute Gasteiger partial charge is 0.454 e. The second-order valence-corrected chi connectivity index (χ2v) is 6.05. The first kappa shape index (κ1) is 16.1. The Balaban J connectivity index is 1.57. The fraction of sp³-hybridized carbons (Fsp3) is 0.143. The number of aromatic nitrogens is 1. The van der Waals surface area contributed by atoms with Gasteiger partial charge in [-0.25, -0.2) is 0 Å². The summed E-state index contributed by atoms with van der Waals surface area (Å²) < 4.78 is 10.7. The van der Waals surface area contributed by atoms with Gasteiger partial charge in [0.15, 0.2) is 11.5 Å². The van der Waals surface area contributed by atoms with E-state index in [-0.39, 0.29) is 18.6 Å². The van der Waals surface area contributed by atoms with Crippen molar-refractivity contribution in [2.24, 2.45) is 0 Å². The lowest BCUT2D eigenvalue weighted by Crippen LogP contribution is -2.23. The van der Waals surface area contributed by atoms with Gasteiger partial charge in [0, 0.05) is 30.1 Å². The second-order valence-electron chi connectivity index (χ2n) is 6.05. The Labute approximate surface area is 151 Å². The molecule has 0 fully saturated rings. The van der Waals surface area contributed by atoms with Crippen LogP contribution in [0.15, 0.2) is 72.9 Å². The van der Waals surface area contributed by atoms with E-state index in [2.05, 4.69) is 10.3 Å². The molecule has 0 saturated heterocycles. The highest BCUT2D eigenvalue weighted by Crippen LogP contribution is 2.34. The van der Waals surface area contributed by atoms with Gasteiger partial charge in [0.25, 0.3) is 0 Å². The molecule has 5 heteroatoms. The van der Waals surface area contributed by atoms with Crippen LogP contribution in [0.25, 0.3) is 0 Å². The zero-order valence-electron chi connectivity index (χ0n) is 14.1. The van der Waals surface area contributed by atoms with Gasteiger partial charge in [0.05, 0.1) is 5.92 Å². The van der Waals surface area contributed by atoms with E-state index in [0.29, 0.717) is 23.6 Å². The molecule has 4 rings (SSSR count). The number of amides is 1. The van der Waals surface area contributed by atoms with Crippen molar-refractivity contribution < 1.29 is 14.3 Å². The number of carbonyl (C=O) groups excluding carboxylic acids is 1. The molecular weight excluding hydrogens is 328 g/mol. The number of carbonyl (C=O) groups is 1. The molecule has 2 heterocycles. The van der Waals surface area contributed by atoms with E-state index in [0.717, 1.165) is 11.3 Å². The van der Waals surface area contributed by atoms with Crippen LogP contribution < -0.4 is 14.8 Å². The molecule has 2 aromatic carbocycles. The molecule has 1 aliphatic heterocycles. The lowest BCUT2D eigenvalue weighted by Gasteiger charge is -2.17. The predicted molar refractivity (Wildman–Crippen MR) is 98.3 cm³/mol. The Bertz CT molecular complexity index is 898. The standard InChI is InChI=1S/C21H18N2O3/c24-21(23-17-9-10-19-20(13-17)26-14-25-19)18(15-6-2-1-3-7-15)12-16-8-4-5-11-22-16/h1-11,13,18H,12,14H2,(H,23,24). The van der Waals surface area contributed by atoms with Crippen molar-refractivity contribution in [2.75, 3.05) is 12.1 Å². The van der Waals surface area contributed by atoms with Gasteiger partial charge in [0.1, 0.15) is 0 Å². The van der Waals surface area contributed by atoms with E-state index in [9.17, 15) is 4.79 Å². The number of fused-ring (bicyclic) bond motifs is 1. The maximum atomic E-state index is 13.0. The molecule has 5 nitrogen and oxygen atoms in total. The summed E-state index contributed by atoms with van der Waals surface area (Å²) >= 11 is 0. The Kier molecular flexibility index (Phi) is 4.51. The number of nitrogens with zero attached hydrogens (tertiary/aromatic N) is 1. The van der Waals surface area contributed by atoms with Gasteiger partial charge in [-0.2, -0.15) is 0 Å². The molecule has 0 radical (unpaired) electrons. The third kappa shape index (κ3) is 3.52. The van der Waals surface area contributed by atoms with Crippen LogP contribution in [0, 0.1) is 0 Å². The van der Waals surface area contributed by atoms with E-state index in [1.807, 2.05) is 54.6 Å².